The summed E-state index contributed by atoms with van der Waals surface area (Å²) in [6, 6.07) is 16.6. The van der Waals surface area contributed by atoms with Crippen LogP contribution in [0, 0.1) is 0 Å². The number of aliphatic hydroxyl groups is 2. The lowest BCUT2D eigenvalue weighted by atomic mass is 9.95. The van der Waals surface area contributed by atoms with Crippen molar-refractivity contribution in [2.75, 3.05) is 6.54 Å². The van der Waals surface area contributed by atoms with E-state index in [2.05, 4.69) is 31.2 Å². The summed E-state index contributed by atoms with van der Waals surface area (Å²) in [4.78, 5) is 19.5. The molecule has 0 saturated heterocycles. The number of hydrogen-bond acceptors (Lipinski definition) is 5. The summed E-state index contributed by atoms with van der Waals surface area (Å²) in [5.41, 5.74) is 9.34. The van der Waals surface area contributed by atoms with Gasteiger partial charge in [0.1, 0.15) is 0 Å². The van der Waals surface area contributed by atoms with E-state index in [1.54, 1.807) is 0 Å². The monoisotopic (exact) mass is 409 g/mol. The minimum absolute atomic E-state index is 0.522. The first-order chi connectivity index (χ1) is 13.2. The average Bonchev–Trinajstić information content (AvgIpc) is 2.68. The molecule has 6 N–H and O–H groups in total. The largest absolute Gasteiger partial charge is 0.479 e. The third kappa shape index (κ3) is 7.28. The Morgan fingerprint density at radius 1 is 0.893 bits per heavy atom. The summed E-state index contributed by atoms with van der Waals surface area (Å²) in [7, 11) is 0. The van der Waals surface area contributed by atoms with Crippen LogP contribution in [0.1, 0.15) is 24.8 Å². The lowest BCUT2D eigenvalue weighted by Crippen LogP contribution is -2.39. The van der Waals surface area contributed by atoms with E-state index in [-0.39, 0.29) is 0 Å². The molecular formula is C20H24ClNO6. The molecule has 0 radical (unpaired) electrons. The van der Waals surface area contributed by atoms with Crippen molar-refractivity contribution >= 4 is 23.5 Å². The van der Waals surface area contributed by atoms with Crippen molar-refractivity contribution < 1.29 is 30.0 Å². The number of halogens is 1. The van der Waals surface area contributed by atoms with E-state index >= 15 is 0 Å². The van der Waals surface area contributed by atoms with E-state index in [4.69, 9.17) is 37.8 Å². The van der Waals surface area contributed by atoms with E-state index in [9.17, 15) is 9.59 Å². The van der Waals surface area contributed by atoms with Crippen molar-refractivity contribution in [3.63, 3.8) is 0 Å². The van der Waals surface area contributed by atoms with Crippen LogP contribution in [0.2, 0.25) is 5.02 Å². The molecule has 3 unspecified atom stereocenters. The Hall–Kier alpha value is -2.45. The molecule has 0 aliphatic rings. The predicted octanol–water partition coefficient (Wildman–Crippen LogP) is 2.34. The van der Waals surface area contributed by atoms with Gasteiger partial charge in [0.2, 0.25) is 0 Å². The zero-order chi connectivity index (χ0) is 21.3. The normalized spacial score (nSPS) is 13.6. The van der Waals surface area contributed by atoms with E-state index in [0.29, 0.717) is 5.92 Å². The maximum Gasteiger partial charge on any atom is 0.335 e. The van der Waals surface area contributed by atoms with Crippen LogP contribution in [0.4, 0.5) is 0 Å². The molecular weight excluding hydrogens is 386 g/mol. The Balaban J connectivity index is 0.000000336. The highest BCUT2D eigenvalue weighted by Gasteiger charge is 2.29. The smallest absolute Gasteiger partial charge is 0.335 e. The van der Waals surface area contributed by atoms with Gasteiger partial charge < -0.3 is 26.2 Å². The molecule has 152 valence electrons. The SMILES string of the molecule is CC(CCN)c1ccc(-c2ccc(Cl)cc2)cc1.O=C(O)C(O)C(O)C(=O)O. The highest BCUT2D eigenvalue weighted by Crippen LogP contribution is 2.25. The number of carboxylic acid groups (broad SMARTS) is 2. The first kappa shape index (κ1) is 23.6. The van der Waals surface area contributed by atoms with Crippen LogP contribution in [0.3, 0.4) is 0 Å². The van der Waals surface area contributed by atoms with Crippen molar-refractivity contribution in [2.45, 2.75) is 31.5 Å². The van der Waals surface area contributed by atoms with Gasteiger partial charge in [0.05, 0.1) is 0 Å². The van der Waals surface area contributed by atoms with E-state index < -0.39 is 24.1 Å². The molecule has 0 aliphatic carbocycles. The number of benzene rings is 2. The molecule has 0 aromatic heterocycles. The van der Waals surface area contributed by atoms with Gasteiger partial charge in [0.15, 0.2) is 12.2 Å². The summed E-state index contributed by atoms with van der Waals surface area (Å²) in [6.45, 7) is 2.95. The molecule has 8 heteroatoms. The Morgan fingerprint density at radius 2 is 1.29 bits per heavy atom. The molecule has 0 heterocycles. The third-order valence-corrected chi connectivity index (χ3v) is 4.31. The lowest BCUT2D eigenvalue weighted by Gasteiger charge is -2.11. The minimum atomic E-state index is -2.27. The van der Waals surface area contributed by atoms with Crippen molar-refractivity contribution in [2.24, 2.45) is 5.73 Å². The number of carboxylic acids is 2. The number of hydrogen-bond donors (Lipinski definition) is 5. The molecule has 2 aromatic carbocycles. The van der Waals surface area contributed by atoms with Gasteiger partial charge in [0.25, 0.3) is 0 Å². The summed E-state index contributed by atoms with van der Waals surface area (Å²) in [5.74, 6) is -3.01. The topological polar surface area (TPSA) is 141 Å². The second-order valence-electron chi connectivity index (χ2n) is 6.17. The highest BCUT2D eigenvalue weighted by atomic mass is 35.5. The minimum Gasteiger partial charge on any atom is -0.479 e. The zero-order valence-corrected chi connectivity index (χ0v) is 16.1. The first-order valence-electron chi connectivity index (χ1n) is 8.55. The van der Waals surface area contributed by atoms with Crippen LogP contribution in [0.5, 0.6) is 0 Å². The first-order valence-corrected chi connectivity index (χ1v) is 8.92. The predicted molar refractivity (Wildman–Crippen MR) is 106 cm³/mol. The molecule has 0 fully saturated rings. The standard InChI is InChI=1S/C16H18ClN.C4H6O6/c1-12(10-11-18)13-2-4-14(5-3-13)15-6-8-16(17)9-7-15;5-1(3(7)8)2(6)4(9)10/h2-9,12H,10-11,18H2,1H3;1-2,5-6H,(H,7,8)(H,9,10). The Morgan fingerprint density at radius 3 is 1.64 bits per heavy atom. The van der Waals surface area contributed by atoms with Crippen molar-refractivity contribution in [1.82, 2.24) is 0 Å². The number of carbonyl (C=O) groups is 2. The Bertz CT molecular complexity index is 745. The van der Waals surface area contributed by atoms with Gasteiger partial charge in [-0.3, -0.25) is 0 Å². The molecule has 2 rings (SSSR count). The van der Waals surface area contributed by atoms with Gasteiger partial charge in [-0.2, -0.15) is 0 Å². The number of rotatable bonds is 7. The lowest BCUT2D eigenvalue weighted by molar-refractivity contribution is -0.165. The maximum atomic E-state index is 9.77. The summed E-state index contributed by atoms with van der Waals surface area (Å²) in [5, 5.41) is 33.3. The average molecular weight is 410 g/mol. The quantitative estimate of drug-likeness (QED) is 0.472. The fourth-order valence-electron chi connectivity index (χ4n) is 2.33. The maximum absolute atomic E-state index is 9.77. The molecule has 7 nitrogen and oxygen atoms in total. The molecule has 0 bridgehead atoms. The van der Waals surface area contributed by atoms with Crippen LogP contribution in [0.25, 0.3) is 11.1 Å². The molecule has 0 amide bonds. The second kappa shape index (κ2) is 11.4. The zero-order valence-electron chi connectivity index (χ0n) is 15.3. The van der Waals surface area contributed by atoms with Crippen molar-refractivity contribution in [3.05, 3.63) is 59.1 Å². The summed E-state index contributed by atoms with van der Waals surface area (Å²) in [6.07, 6.45) is -3.50. The fourth-order valence-corrected chi connectivity index (χ4v) is 2.46. The van der Waals surface area contributed by atoms with Gasteiger partial charge in [-0.15, -0.1) is 0 Å². The van der Waals surface area contributed by atoms with Crippen molar-refractivity contribution in [1.29, 1.82) is 0 Å². The van der Waals surface area contributed by atoms with Crippen LogP contribution < -0.4 is 5.73 Å². The van der Waals surface area contributed by atoms with Crippen LogP contribution in [-0.2, 0) is 9.59 Å². The molecule has 2 aromatic rings. The number of aliphatic hydroxyl groups excluding tert-OH is 2. The Labute approximate surface area is 168 Å². The molecule has 28 heavy (non-hydrogen) atoms. The van der Waals surface area contributed by atoms with Crippen LogP contribution in [-0.4, -0.2) is 51.1 Å². The van der Waals surface area contributed by atoms with Gasteiger partial charge in [-0.05, 0) is 47.7 Å². The van der Waals surface area contributed by atoms with Gasteiger partial charge in [-0.25, -0.2) is 9.59 Å². The molecule has 0 saturated carbocycles. The van der Waals surface area contributed by atoms with Crippen LogP contribution >= 0.6 is 11.6 Å². The summed E-state index contributed by atoms with van der Waals surface area (Å²) >= 11 is 5.89. The molecule has 0 aliphatic heterocycles. The Kier molecular flexibility index (Phi) is 9.61. The van der Waals surface area contributed by atoms with Crippen LogP contribution in [0.15, 0.2) is 48.5 Å². The van der Waals surface area contributed by atoms with E-state index in [0.717, 1.165) is 18.0 Å². The fraction of sp³-hybridized carbons (Fsp3) is 0.300. The van der Waals surface area contributed by atoms with E-state index in [1.165, 1.54) is 16.7 Å². The molecule has 0 spiro atoms. The van der Waals surface area contributed by atoms with Gasteiger partial charge in [0, 0.05) is 5.02 Å². The number of aliphatic carboxylic acids is 2. The summed E-state index contributed by atoms with van der Waals surface area (Å²) < 4.78 is 0. The highest BCUT2D eigenvalue weighted by molar-refractivity contribution is 6.30. The van der Waals surface area contributed by atoms with Gasteiger partial charge in [-0.1, -0.05) is 54.9 Å². The molecule has 3 atom stereocenters. The third-order valence-electron chi connectivity index (χ3n) is 4.06. The van der Waals surface area contributed by atoms with Crippen molar-refractivity contribution in [3.8, 4) is 11.1 Å². The van der Waals surface area contributed by atoms with E-state index in [1.807, 2.05) is 24.3 Å². The second-order valence-corrected chi connectivity index (χ2v) is 6.61. The van der Waals surface area contributed by atoms with Gasteiger partial charge >= 0.3 is 11.9 Å². The number of nitrogens with two attached hydrogens (primary N) is 1.